The van der Waals surface area contributed by atoms with Crippen LogP contribution in [0.2, 0.25) is 0 Å². The second kappa shape index (κ2) is 4.65. The molecule has 7 nitrogen and oxygen atoms in total. The molecule has 102 valence electrons. The van der Waals surface area contributed by atoms with Crippen LogP contribution in [0.25, 0.3) is 11.4 Å². The molecule has 1 fully saturated rings. The van der Waals surface area contributed by atoms with Gasteiger partial charge >= 0.3 is 0 Å². The van der Waals surface area contributed by atoms with Crippen molar-refractivity contribution in [2.24, 2.45) is 5.73 Å². The molecule has 2 aromatic rings. The minimum Gasteiger partial charge on any atom is -0.361 e. The third-order valence-corrected chi connectivity index (χ3v) is 3.78. The molecule has 2 atom stereocenters. The first kappa shape index (κ1) is 12.2. The van der Waals surface area contributed by atoms with Crippen molar-refractivity contribution in [2.75, 3.05) is 11.4 Å². The summed E-state index contributed by atoms with van der Waals surface area (Å²) in [4.78, 5) is 6.68. The molecular weight excluding hydrogens is 244 g/mol. The monoisotopic (exact) mass is 262 g/mol. The Kier molecular flexibility index (Phi) is 2.98. The molecule has 0 aliphatic carbocycles. The molecule has 7 heteroatoms. The molecule has 2 aromatic heterocycles. The van der Waals surface area contributed by atoms with Crippen molar-refractivity contribution in [3.63, 3.8) is 0 Å². The molecule has 3 N–H and O–H groups in total. The van der Waals surface area contributed by atoms with Gasteiger partial charge in [0.1, 0.15) is 5.76 Å². The van der Waals surface area contributed by atoms with Gasteiger partial charge in [0.25, 0.3) is 0 Å². The van der Waals surface area contributed by atoms with Gasteiger partial charge in [0.05, 0.1) is 11.8 Å². The topological polar surface area (TPSA) is 96.9 Å². The smallest absolute Gasteiger partial charge is 0.245 e. The number of nitrogens with zero attached hydrogens (tertiary/aromatic N) is 4. The van der Waals surface area contributed by atoms with Crippen molar-refractivity contribution < 1.29 is 4.52 Å². The average molecular weight is 262 g/mol. The molecule has 3 rings (SSSR count). The Morgan fingerprint density at radius 3 is 3.11 bits per heavy atom. The molecule has 19 heavy (non-hydrogen) atoms. The number of aryl methyl sites for hydroxylation is 1. The minimum atomic E-state index is 0.174. The van der Waals surface area contributed by atoms with Crippen molar-refractivity contribution in [3.05, 3.63) is 12.0 Å². The van der Waals surface area contributed by atoms with Gasteiger partial charge in [-0.1, -0.05) is 5.16 Å². The van der Waals surface area contributed by atoms with E-state index in [0.29, 0.717) is 11.8 Å². The highest BCUT2D eigenvalue weighted by atomic mass is 16.5. The van der Waals surface area contributed by atoms with E-state index in [4.69, 9.17) is 10.3 Å². The van der Waals surface area contributed by atoms with Crippen molar-refractivity contribution in [3.8, 4) is 11.4 Å². The van der Waals surface area contributed by atoms with Crippen LogP contribution in [0.4, 0.5) is 5.95 Å². The average Bonchev–Trinajstić information content (AvgIpc) is 3.01. The van der Waals surface area contributed by atoms with Crippen LogP contribution in [0.1, 0.15) is 25.5 Å². The van der Waals surface area contributed by atoms with E-state index in [0.717, 1.165) is 30.7 Å². The second-order valence-corrected chi connectivity index (χ2v) is 5.02. The Hall–Kier alpha value is -1.89. The zero-order valence-corrected chi connectivity index (χ0v) is 11.1. The maximum atomic E-state index is 6.10. The Morgan fingerprint density at radius 2 is 2.37 bits per heavy atom. The summed E-state index contributed by atoms with van der Waals surface area (Å²) < 4.78 is 5.04. The molecule has 0 aromatic carbocycles. The lowest BCUT2D eigenvalue weighted by Crippen LogP contribution is -2.50. The quantitative estimate of drug-likeness (QED) is 0.840. The van der Waals surface area contributed by atoms with E-state index in [2.05, 4.69) is 32.2 Å². The predicted molar refractivity (Wildman–Crippen MR) is 70.6 cm³/mol. The van der Waals surface area contributed by atoms with E-state index in [9.17, 15) is 0 Å². The van der Waals surface area contributed by atoms with Gasteiger partial charge in [0.15, 0.2) is 5.82 Å². The van der Waals surface area contributed by atoms with Crippen LogP contribution >= 0.6 is 0 Å². The van der Waals surface area contributed by atoms with E-state index < -0.39 is 0 Å². The van der Waals surface area contributed by atoms with Crippen molar-refractivity contribution in [1.29, 1.82) is 0 Å². The number of anilines is 1. The molecule has 3 heterocycles. The third kappa shape index (κ3) is 2.10. The lowest BCUT2D eigenvalue weighted by atomic mass is 9.99. The van der Waals surface area contributed by atoms with E-state index in [-0.39, 0.29) is 12.1 Å². The van der Waals surface area contributed by atoms with E-state index in [1.165, 1.54) is 0 Å². The maximum absolute atomic E-state index is 6.10. The fourth-order valence-corrected chi connectivity index (χ4v) is 2.48. The summed E-state index contributed by atoms with van der Waals surface area (Å²) in [5.41, 5.74) is 6.94. The molecule has 1 aliphatic heterocycles. The summed E-state index contributed by atoms with van der Waals surface area (Å²) in [5.74, 6) is 2.10. The van der Waals surface area contributed by atoms with Crippen LogP contribution in [-0.2, 0) is 0 Å². The lowest BCUT2D eigenvalue weighted by Gasteiger charge is -2.36. The predicted octanol–water partition coefficient (Wildman–Crippen LogP) is 1.08. The number of hydrogen-bond acceptors (Lipinski definition) is 6. The molecule has 0 spiro atoms. The van der Waals surface area contributed by atoms with Crippen molar-refractivity contribution in [1.82, 2.24) is 20.3 Å². The zero-order valence-electron chi connectivity index (χ0n) is 11.1. The summed E-state index contributed by atoms with van der Waals surface area (Å²) in [6.45, 7) is 4.91. The summed E-state index contributed by atoms with van der Waals surface area (Å²) in [6, 6.07) is 0.425. The van der Waals surface area contributed by atoms with E-state index in [1.807, 2.05) is 6.92 Å². The van der Waals surface area contributed by atoms with Gasteiger partial charge in [-0.25, -0.2) is 0 Å². The largest absolute Gasteiger partial charge is 0.361 e. The maximum Gasteiger partial charge on any atom is 0.245 e. The number of aromatic amines is 1. The highest BCUT2D eigenvalue weighted by molar-refractivity contribution is 5.57. The van der Waals surface area contributed by atoms with Crippen LogP contribution in [0, 0.1) is 6.92 Å². The fraction of sp³-hybridized carbons (Fsp3) is 0.583. The van der Waals surface area contributed by atoms with Gasteiger partial charge in [-0.3, -0.25) is 5.10 Å². The molecule has 0 saturated carbocycles. The van der Waals surface area contributed by atoms with Crippen molar-refractivity contribution in [2.45, 2.75) is 38.8 Å². The number of hydrogen-bond donors (Lipinski definition) is 2. The van der Waals surface area contributed by atoms with Crippen LogP contribution in [0.3, 0.4) is 0 Å². The first-order valence-corrected chi connectivity index (χ1v) is 6.53. The number of H-pyrrole nitrogens is 1. The Bertz CT molecular complexity index is 562. The van der Waals surface area contributed by atoms with Crippen LogP contribution in [0.5, 0.6) is 0 Å². The number of piperidine rings is 1. The Morgan fingerprint density at radius 1 is 1.53 bits per heavy atom. The normalized spacial score (nSPS) is 23.8. The molecule has 0 radical (unpaired) electrons. The highest BCUT2D eigenvalue weighted by Gasteiger charge is 2.28. The number of rotatable bonds is 2. The summed E-state index contributed by atoms with van der Waals surface area (Å²) in [5, 5.41) is 11.0. The number of nitrogens with one attached hydrogen (secondary N) is 1. The minimum absolute atomic E-state index is 0.174. The van der Waals surface area contributed by atoms with Gasteiger partial charge in [-0.2, -0.15) is 4.98 Å². The Balaban J connectivity index is 1.87. The van der Waals surface area contributed by atoms with Gasteiger partial charge < -0.3 is 15.2 Å². The second-order valence-electron chi connectivity index (χ2n) is 5.02. The van der Waals surface area contributed by atoms with Crippen LogP contribution in [0.15, 0.2) is 10.7 Å². The summed E-state index contributed by atoms with van der Waals surface area (Å²) in [6.07, 6.45) is 3.77. The van der Waals surface area contributed by atoms with Crippen LogP contribution in [-0.4, -0.2) is 39.0 Å². The van der Waals surface area contributed by atoms with Crippen LogP contribution < -0.4 is 10.6 Å². The number of nitrogens with two attached hydrogens (primary N) is 1. The molecule has 1 aliphatic rings. The standard InChI is InChI=1S/C12H18N6O/c1-7-10(13)4-3-5-18(7)12-15-11(16-17-12)9-6-14-19-8(9)2/h6-7,10H,3-5,13H2,1-2H3,(H,15,16,17). The first-order chi connectivity index (χ1) is 9.16. The molecule has 1 saturated heterocycles. The van der Waals surface area contributed by atoms with Gasteiger partial charge in [0.2, 0.25) is 5.95 Å². The first-order valence-electron chi connectivity index (χ1n) is 6.53. The molecule has 0 amide bonds. The van der Waals surface area contributed by atoms with E-state index in [1.54, 1.807) is 6.20 Å². The highest BCUT2D eigenvalue weighted by Crippen LogP contribution is 2.24. The molecular formula is C12H18N6O. The molecule has 0 bridgehead atoms. The Labute approximate surface area is 111 Å². The lowest BCUT2D eigenvalue weighted by molar-refractivity contribution is 0.398. The third-order valence-electron chi connectivity index (χ3n) is 3.78. The van der Waals surface area contributed by atoms with Gasteiger partial charge in [-0.05, 0) is 26.7 Å². The molecule has 2 unspecified atom stereocenters. The summed E-state index contributed by atoms with van der Waals surface area (Å²) >= 11 is 0. The van der Waals surface area contributed by atoms with Crippen molar-refractivity contribution >= 4 is 5.95 Å². The number of aromatic nitrogens is 4. The summed E-state index contributed by atoms with van der Waals surface area (Å²) in [7, 11) is 0. The van der Waals surface area contributed by atoms with Gasteiger partial charge in [0, 0.05) is 18.6 Å². The SMILES string of the molecule is Cc1oncc1-c1nc(N2CCCC(N)C2C)n[nH]1. The van der Waals surface area contributed by atoms with Gasteiger partial charge in [-0.15, -0.1) is 5.10 Å². The zero-order chi connectivity index (χ0) is 13.4. The fourth-order valence-electron chi connectivity index (χ4n) is 2.48. The van der Waals surface area contributed by atoms with E-state index >= 15 is 0 Å².